The molecule has 0 spiro atoms. The quantitative estimate of drug-likeness (QED) is 0.547. The van der Waals surface area contributed by atoms with Crippen LogP contribution in [-0.2, 0) is 0 Å². The summed E-state index contributed by atoms with van der Waals surface area (Å²) in [6.45, 7) is 4.00. The monoisotopic (exact) mass is 372 g/mol. The van der Waals surface area contributed by atoms with E-state index in [1.165, 1.54) is 28.9 Å². The summed E-state index contributed by atoms with van der Waals surface area (Å²) >= 11 is 0. The first-order valence-electron chi connectivity index (χ1n) is 8.40. The van der Waals surface area contributed by atoms with Gasteiger partial charge in [0, 0.05) is 17.7 Å². The first kappa shape index (κ1) is 18.2. The Labute approximate surface area is 151 Å². The average Bonchev–Trinajstić information content (AvgIpc) is 3.48. The van der Waals surface area contributed by atoms with E-state index in [0.29, 0.717) is 0 Å². The first-order chi connectivity index (χ1) is 13.0. The fourth-order valence-corrected chi connectivity index (χ4v) is 2.62. The van der Waals surface area contributed by atoms with Gasteiger partial charge >= 0.3 is 5.76 Å². The lowest BCUT2D eigenvalue weighted by Gasteiger charge is -2.08. The third-order valence-electron chi connectivity index (χ3n) is 3.93. The van der Waals surface area contributed by atoms with Crippen LogP contribution in [0.4, 0.5) is 5.69 Å². The van der Waals surface area contributed by atoms with Crippen LogP contribution in [0.3, 0.4) is 0 Å². The van der Waals surface area contributed by atoms with Crippen molar-refractivity contribution in [2.75, 3.05) is 0 Å². The molecule has 10 heteroatoms. The number of non-ortho nitro benzene ring substituents is 1. The zero-order valence-electron chi connectivity index (χ0n) is 14.6. The molecule has 1 N–H and O–H groups in total. The van der Waals surface area contributed by atoms with Crippen LogP contribution in [-0.4, -0.2) is 19.7 Å². The third kappa shape index (κ3) is 3.28. The molecule has 2 heterocycles. The van der Waals surface area contributed by atoms with Gasteiger partial charge in [0.2, 0.25) is 0 Å². The van der Waals surface area contributed by atoms with Gasteiger partial charge in [0.1, 0.15) is 5.69 Å². The van der Waals surface area contributed by atoms with Crippen molar-refractivity contribution in [2.24, 2.45) is 0 Å². The number of nitrogens with zero attached hydrogens (tertiary/aromatic N) is 3. The smallest absolute Gasteiger partial charge is 0.407 e. The Hall–Kier alpha value is -3.56. The van der Waals surface area contributed by atoms with Crippen LogP contribution in [0.2, 0.25) is 0 Å². The molecule has 0 atom stereocenters. The van der Waals surface area contributed by atoms with Gasteiger partial charge in [-0.3, -0.25) is 24.7 Å². The van der Waals surface area contributed by atoms with Gasteiger partial charge in [-0.15, -0.1) is 0 Å². The highest BCUT2D eigenvalue weighted by Crippen LogP contribution is 2.34. The fraction of sp³-hybridized carbons (Fsp3) is 0.294. The summed E-state index contributed by atoms with van der Waals surface area (Å²) in [5, 5.41) is 14.9. The summed E-state index contributed by atoms with van der Waals surface area (Å²) in [6.07, 6.45) is 1.48. The molecule has 4 rings (SSSR count). The average molecular weight is 372 g/mol. The van der Waals surface area contributed by atoms with Crippen molar-refractivity contribution in [3.8, 4) is 11.3 Å². The van der Waals surface area contributed by atoms with E-state index in [0.717, 1.165) is 12.8 Å². The van der Waals surface area contributed by atoms with E-state index < -0.39 is 21.8 Å². The molecule has 0 unspecified atom stereocenters. The molecule has 0 aliphatic heterocycles. The minimum Gasteiger partial charge on any atom is -0.407 e. The molecule has 1 aliphatic carbocycles. The van der Waals surface area contributed by atoms with Gasteiger partial charge in [-0.2, -0.15) is 5.10 Å². The van der Waals surface area contributed by atoms with Gasteiger partial charge in [0.25, 0.3) is 16.8 Å². The zero-order valence-corrected chi connectivity index (χ0v) is 14.6. The minimum absolute atomic E-state index is 0.0356. The van der Waals surface area contributed by atoms with E-state index in [1.807, 2.05) is 18.8 Å². The fourth-order valence-electron chi connectivity index (χ4n) is 2.62. The molecular formula is C17H16N4O6. The van der Waals surface area contributed by atoms with Gasteiger partial charge in [-0.1, -0.05) is 26.0 Å². The van der Waals surface area contributed by atoms with Crippen molar-refractivity contribution in [1.29, 1.82) is 0 Å². The number of aromatic amines is 1. The van der Waals surface area contributed by atoms with Crippen LogP contribution >= 0.6 is 0 Å². The maximum absolute atomic E-state index is 12.5. The maximum Gasteiger partial charge on any atom is 0.419 e. The van der Waals surface area contributed by atoms with E-state index >= 15 is 0 Å². The van der Waals surface area contributed by atoms with Crippen LogP contribution in [0.1, 0.15) is 32.7 Å². The Balaban J connectivity index is 0.00000102. The van der Waals surface area contributed by atoms with Crippen molar-refractivity contribution in [1.82, 2.24) is 14.8 Å². The number of fused-ring (bicyclic) bond motifs is 1. The minimum atomic E-state index is -1.03. The molecule has 10 nitrogen and oxygen atoms in total. The molecule has 27 heavy (non-hydrogen) atoms. The van der Waals surface area contributed by atoms with Crippen LogP contribution in [0.5, 0.6) is 0 Å². The summed E-state index contributed by atoms with van der Waals surface area (Å²) in [5.41, 5.74) is -1.70. The summed E-state index contributed by atoms with van der Waals surface area (Å²) in [5.74, 6) is -1.03. The Morgan fingerprint density at radius 3 is 2.59 bits per heavy atom. The third-order valence-corrected chi connectivity index (χ3v) is 3.93. The lowest BCUT2D eigenvalue weighted by atomic mass is 10.1. The number of hydrogen-bond acceptors (Lipinski definition) is 7. The van der Waals surface area contributed by atoms with Crippen LogP contribution in [0, 0.1) is 10.1 Å². The van der Waals surface area contributed by atoms with E-state index in [9.17, 15) is 24.5 Å². The van der Waals surface area contributed by atoms with Crippen molar-refractivity contribution < 1.29 is 9.34 Å². The van der Waals surface area contributed by atoms with E-state index in [1.54, 1.807) is 0 Å². The number of nitro groups is 1. The molecule has 0 saturated heterocycles. The highest BCUT2D eigenvalue weighted by molar-refractivity contribution is 5.88. The second kappa shape index (κ2) is 6.98. The molecule has 1 aromatic carbocycles. The van der Waals surface area contributed by atoms with Crippen molar-refractivity contribution in [3.05, 3.63) is 65.6 Å². The lowest BCUT2D eigenvalue weighted by Crippen LogP contribution is -2.30. The number of benzene rings is 1. The van der Waals surface area contributed by atoms with Gasteiger partial charge in [0.15, 0.2) is 11.0 Å². The van der Waals surface area contributed by atoms with Crippen LogP contribution in [0.25, 0.3) is 22.2 Å². The number of hydrogen-bond donors (Lipinski definition) is 1. The second-order valence-electron chi connectivity index (χ2n) is 5.68. The van der Waals surface area contributed by atoms with E-state index in [2.05, 4.69) is 5.10 Å². The largest absolute Gasteiger partial charge is 0.419 e. The molecule has 140 valence electrons. The van der Waals surface area contributed by atoms with E-state index in [-0.39, 0.29) is 34.0 Å². The molecule has 3 aromatic rings. The summed E-state index contributed by atoms with van der Waals surface area (Å²) < 4.78 is 6.18. The van der Waals surface area contributed by atoms with E-state index in [4.69, 9.17) is 4.42 Å². The number of H-pyrrole nitrogens is 1. The van der Waals surface area contributed by atoms with Crippen molar-refractivity contribution in [3.63, 3.8) is 0 Å². The molecule has 1 saturated carbocycles. The highest BCUT2D eigenvalue weighted by Gasteiger charge is 2.29. The number of nitrogens with one attached hydrogen (secondary N) is 1. The topological polar surface area (TPSA) is 141 Å². The molecular weight excluding hydrogens is 356 g/mol. The van der Waals surface area contributed by atoms with Gasteiger partial charge in [0.05, 0.1) is 11.0 Å². The second-order valence-corrected chi connectivity index (χ2v) is 5.68. The summed E-state index contributed by atoms with van der Waals surface area (Å²) in [4.78, 5) is 48.5. The zero-order chi connectivity index (χ0) is 19.7. The first-order valence-corrected chi connectivity index (χ1v) is 8.40. The maximum atomic E-state index is 12.5. The Morgan fingerprint density at radius 1 is 1.26 bits per heavy atom. The highest BCUT2D eigenvalue weighted by atomic mass is 16.6. The van der Waals surface area contributed by atoms with Crippen molar-refractivity contribution >= 4 is 16.7 Å². The van der Waals surface area contributed by atoms with Gasteiger partial charge in [-0.05, 0) is 12.8 Å². The normalized spacial score (nSPS) is 13.1. The summed E-state index contributed by atoms with van der Waals surface area (Å²) in [6, 6.07) is 5.37. The van der Waals surface area contributed by atoms with Crippen LogP contribution in [0.15, 0.2) is 43.1 Å². The Morgan fingerprint density at radius 2 is 1.96 bits per heavy atom. The van der Waals surface area contributed by atoms with Gasteiger partial charge < -0.3 is 4.42 Å². The molecule has 0 radical (unpaired) electrons. The number of nitro benzene ring substituents is 1. The Bertz CT molecular complexity index is 1200. The Kier molecular flexibility index (Phi) is 4.72. The van der Waals surface area contributed by atoms with Gasteiger partial charge in [-0.25, -0.2) is 9.48 Å². The standard InChI is InChI=1S/C15H10N4O6.C2H6/c20-13-10-12(25-15(22)16-13)11(17-18(14(10)21)8-4-5-8)7-2-1-3-9(6-7)19(23)24;1-2/h1-3,6,8H,4-5H2,(H,16,20,22);1-2H3. The predicted octanol–water partition coefficient (Wildman–Crippen LogP) is 1.97. The van der Waals surface area contributed by atoms with Crippen molar-refractivity contribution in [2.45, 2.75) is 32.7 Å². The lowest BCUT2D eigenvalue weighted by molar-refractivity contribution is -0.384. The summed E-state index contributed by atoms with van der Waals surface area (Å²) in [7, 11) is 0. The molecule has 0 bridgehead atoms. The number of rotatable bonds is 3. The molecule has 2 aromatic heterocycles. The number of aromatic nitrogens is 3. The SMILES string of the molecule is CC.O=c1[nH]c(=O)c2c(=O)n(C3CC3)nc(-c3cccc([N+](=O)[O-])c3)c2o1. The molecule has 0 amide bonds. The molecule has 1 aliphatic rings. The molecule has 1 fully saturated rings. The van der Waals surface area contributed by atoms with Crippen LogP contribution < -0.4 is 16.9 Å². The predicted molar refractivity (Wildman–Crippen MR) is 96.9 cm³/mol.